The zero-order valence-corrected chi connectivity index (χ0v) is 15.7. The Bertz CT molecular complexity index is 849. The topological polar surface area (TPSA) is 64.6 Å². The van der Waals surface area contributed by atoms with Gasteiger partial charge < -0.3 is 14.8 Å². The largest absolute Gasteiger partial charge is 0.493 e. The number of ether oxygens (including phenoxy) is 2. The van der Waals surface area contributed by atoms with Gasteiger partial charge in [0.05, 0.1) is 12.1 Å². The fourth-order valence-corrected chi connectivity index (χ4v) is 2.45. The van der Waals surface area contributed by atoms with E-state index in [4.69, 9.17) is 32.7 Å². The molecule has 2 rings (SSSR count). The van der Waals surface area contributed by atoms with Crippen LogP contribution in [0.4, 0.5) is 0 Å². The fourth-order valence-electron chi connectivity index (χ4n) is 2.07. The molecule has 0 heterocycles. The second-order valence-electron chi connectivity index (χ2n) is 5.19. The van der Waals surface area contributed by atoms with Gasteiger partial charge in [0.25, 0.3) is 5.91 Å². The number of carbonyl (C=O) groups excluding carboxylic acids is 2. The van der Waals surface area contributed by atoms with E-state index in [-0.39, 0.29) is 18.3 Å². The lowest BCUT2D eigenvalue weighted by atomic mass is 10.1. The number of halogens is 2. The van der Waals surface area contributed by atoms with Gasteiger partial charge in [-0.3, -0.25) is 9.59 Å². The lowest BCUT2D eigenvalue weighted by Gasteiger charge is -2.10. The van der Waals surface area contributed by atoms with E-state index in [9.17, 15) is 9.59 Å². The minimum Gasteiger partial charge on any atom is -0.493 e. The van der Waals surface area contributed by atoms with Gasteiger partial charge in [0.15, 0.2) is 23.9 Å². The monoisotopic (exact) mass is 393 g/mol. The summed E-state index contributed by atoms with van der Waals surface area (Å²) in [5, 5.41) is 3.24. The van der Waals surface area contributed by atoms with E-state index in [0.29, 0.717) is 27.1 Å². The maximum absolute atomic E-state index is 12.3. The predicted molar refractivity (Wildman–Crippen MR) is 102 cm³/mol. The summed E-state index contributed by atoms with van der Waals surface area (Å²) < 4.78 is 10.7. The Labute approximate surface area is 161 Å². The SMILES string of the molecule is CNC(=O)COc1ccc(C=CC(=O)c2cc(Cl)ccc2Cl)cc1OC. The molecule has 1 amide bonds. The lowest BCUT2D eigenvalue weighted by molar-refractivity contribution is -0.122. The van der Waals surface area contributed by atoms with Gasteiger partial charge in [-0.2, -0.15) is 0 Å². The highest BCUT2D eigenvalue weighted by Crippen LogP contribution is 2.29. The molecule has 0 fully saturated rings. The number of allylic oxidation sites excluding steroid dienone is 1. The van der Waals surface area contributed by atoms with Gasteiger partial charge in [-0.1, -0.05) is 35.3 Å². The van der Waals surface area contributed by atoms with Gasteiger partial charge in [0.2, 0.25) is 0 Å². The molecule has 136 valence electrons. The molecule has 0 aliphatic heterocycles. The Balaban J connectivity index is 2.16. The molecule has 0 saturated carbocycles. The molecular formula is C19H17Cl2NO4. The molecule has 0 atom stereocenters. The first-order valence-corrected chi connectivity index (χ1v) is 8.39. The van der Waals surface area contributed by atoms with Crippen LogP contribution in [0.1, 0.15) is 15.9 Å². The Morgan fingerprint density at radius 1 is 1.12 bits per heavy atom. The van der Waals surface area contributed by atoms with Crippen LogP contribution in [0.5, 0.6) is 11.5 Å². The number of hydrogen-bond donors (Lipinski definition) is 1. The molecule has 0 radical (unpaired) electrons. The van der Waals surface area contributed by atoms with Crippen molar-refractivity contribution in [1.29, 1.82) is 0 Å². The summed E-state index contributed by atoms with van der Waals surface area (Å²) >= 11 is 11.9. The molecule has 0 bridgehead atoms. The van der Waals surface area contributed by atoms with Crippen LogP contribution >= 0.6 is 23.2 Å². The number of ketones is 1. The van der Waals surface area contributed by atoms with E-state index in [1.54, 1.807) is 36.4 Å². The normalized spacial score (nSPS) is 10.6. The number of hydrogen-bond acceptors (Lipinski definition) is 4. The summed E-state index contributed by atoms with van der Waals surface area (Å²) in [6.45, 7) is -0.117. The quantitative estimate of drug-likeness (QED) is 0.569. The van der Waals surface area contributed by atoms with Crippen LogP contribution in [0.2, 0.25) is 10.0 Å². The van der Waals surface area contributed by atoms with Gasteiger partial charge in [0.1, 0.15) is 0 Å². The van der Waals surface area contributed by atoms with Gasteiger partial charge >= 0.3 is 0 Å². The van der Waals surface area contributed by atoms with Crippen LogP contribution in [0.3, 0.4) is 0 Å². The Morgan fingerprint density at radius 2 is 1.88 bits per heavy atom. The predicted octanol–water partition coefficient (Wildman–Crippen LogP) is 4.02. The summed E-state index contributed by atoms with van der Waals surface area (Å²) in [6.07, 6.45) is 3.03. The van der Waals surface area contributed by atoms with E-state index >= 15 is 0 Å². The van der Waals surface area contributed by atoms with Crippen molar-refractivity contribution < 1.29 is 19.1 Å². The second kappa shape index (κ2) is 9.27. The summed E-state index contributed by atoms with van der Waals surface area (Å²) in [5.41, 5.74) is 1.05. The molecule has 1 N–H and O–H groups in total. The molecule has 2 aromatic rings. The molecule has 0 unspecified atom stereocenters. The Kier molecular flexibility index (Phi) is 7.06. The van der Waals surface area contributed by atoms with Crippen LogP contribution in [0, 0.1) is 0 Å². The molecule has 0 aliphatic carbocycles. The van der Waals surface area contributed by atoms with Crippen molar-refractivity contribution in [2.75, 3.05) is 20.8 Å². The van der Waals surface area contributed by atoms with Crippen LogP contribution in [-0.4, -0.2) is 32.5 Å². The molecule has 5 nitrogen and oxygen atoms in total. The molecule has 0 saturated heterocycles. The first-order chi connectivity index (χ1) is 12.4. The molecule has 0 aliphatic rings. The minimum atomic E-state index is -0.267. The summed E-state index contributed by atoms with van der Waals surface area (Å²) in [4.78, 5) is 23.6. The van der Waals surface area contributed by atoms with Gasteiger partial charge in [-0.25, -0.2) is 0 Å². The van der Waals surface area contributed by atoms with Crippen molar-refractivity contribution in [1.82, 2.24) is 5.32 Å². The standard InChI is InChI=1S/C19H17Cl2NO4/c1-22-19(24)11-26-17-8-4-12(9-18(17)25-2)3-7-16(23)14-10-13(20)5-6-15(14)21/h3-10H,11H2,1-2H3,(H,22,24). The average molecular weight is 394 g/mol. The fraction of sp³-hybridized carbons (Fsp3) is 0.158. The van der Waals surface area contributed by atoms with Crippen molar-refractivity contribution in [2.45, 2.75) is 0 Å². The number of carbonyl (C=O) groups is 2. The molecular weight excluding hydrogens is 377 g/mol. The first kappa shape index (κ1) is 19.8. The summed E-state index contributed by atoms with van der Waals surface area (Å²) in [6, 6.07) is 9.82. The van der Waals surface area contributed by atoms with Crippen molar-refractivity contribution in [3.8, 4) is 11.5 Å². The number of likely N-dealkylation sites (N-methyl/N-ethyl adjacent to an activating group) is 1. The third-order valence-corrected chi connectivity index (χ3v) is 4.01. The van der Waals surface area contributed by atoms with Crippen molar-refractivity contribution in [3.05, 3.63) is 63.6 Å². The van der Waals surface area contributed by atoms with Gasteiger partial charge in [0, 0.05) is 17.6 Å². The Hall–Kier alpha value is -2.50. The van der Waals surface area contributed by atoms with Gasteiger partial charge in [-0.05, 0) is 42.0 Å². The number of amides is 1. The van der Waals surface area contributed by atoms with E-state index in [0.717, 1.165) is 5.56 Å². The number of nitrogens with one attached hydrogen (secondary N) is 1. The highest BCUT2D eigenvalue weighted by Gasteiger charge is 2.10. The van der Waals surface area contributed by atoms with E-state index in [1.807, 2.05) is 0 Å². The lowest BCUT2D eigenvalue weighted by Crippen LogP contribution is -2.24. The maximum atomic E-state index is 12.3. The molecule has 0 spiro atoms. The Morgan fingerprint density at radius 3 is 2.58 bits per heavy atom. The third-order valence-electron chi connectivity index (χ3n) is 3.45. The van der Waals surface area contributed by atoms with Crippen LogP contribution in [0.15, 0.2) is 42.5 Å². The number of rotatable bonds is 7. The highest BCUT2D eigenvalue weighted by molar-refractivity contribution is 6.36. The van der Waals surface area contributed by atoms with E-state index in [1.165, 1.54) is 26.3 Å². The second-order valence-corrected chi connectivity index (χ2v) is 6.04. The first-order valence-electron chi connectivity index (χ1n) is 7.63. The van der Waals surface area contributed by atoms with Crippen molar-refractivity contribution in [2.24, 2.45) is 0 Å². The van der Waals surface area contributed by atoms with Crippen molar-refractivity contribution in [3.63, 3.8) is 0 Å². The molecule has 2 aromatic carbocycles. The highest BCUT2D eigenvalue weighted by atomic mass is 35.5. The van der Waals surface area contributed by atoms with E-state index in [2.05, 4.69) is 5.32 Å². The van der Waals surface area contributed by atoms with Crippen LogP contribution in [0.25, 0.3) is 6.08 Å². The molecule has 7 heteroatoms. The van der Waals surface area contributed by atoms with Gasteiger partial charge in [-0.15, -0.1) is 0 Å². The molecule has 0 aromatic heterocycles. The van der Waals surface area contributed by atoms with Crippen LogP contribution < -0.4 is 14.8 Å². The van der Waals surface area contributed by atoms with Crippen LogP contribution in [-0.2, 0) is 4.79 Å². The number of benzene rings is 2. The summed E-state index contributed by atoms with van der Waals surface area (Å²) in [5.74, 6) is 0.359. The maximum Gasteiger partial charge on any atom is 0.257 e. The zero-order valence-electron chi connectivity index (χ0n) is 14.2. The average Bonchev–Trinajstić information content (AvgIpc) is 2.66. The molecule has 26 heavy (non-hydrogen) atoms. The summed E-state index contributed by atoms with van der Waals surface area (Å²) in [7, 11) is 3.02. The smallest absolute Gasteiger partial charge is 0.257 e. The third kappa shape index (κ3) is 5.25. The van der Waals surface area contributed by atoms with Crippen molar-refractivity contribution >= 4 is 41.0 Å². The zero-order chi connectivity index (χ0) is 19.1. The minimum absolute atomic E-state index is 0.117. The van der Waals surface area contributed by atoms with E-state index < -0.39 is 0 Å². The number of methoxy groups -OCH3 is 1.